The Morgan fingerprint density at radius 1 is 1.09 bits per heavy atom. The number of hydrogen-bond acceptors (Lipinski definition) is 5. The Morgan fingerprint density at radius 2 is 1.82 bits per heavy atom. The fraction of sp³-hybridized carbons (Fsp3) is 0.214. The van der Waals surface area contributed by atoms with E-state index in [-0.39, 0.29) is 5.70 Å². The van der Waals surface area contributed by atoms with Crippen molar-refractivity contribution in [1.29, 1.82) is 0 Å². The van der Waals surface area contributed by atoms with Crippen LogP contribution < -0.4 is 9.47 Å². The first kappa shape index (κ1) is 24.0. The number of benzene rings is 3. The number of methoxy groups -OCH3 is 1. The van der Waals surface area contributed by atoms with Gasteiger partial charge in [0.1, 0.15) is 6.61 Å². The van der Waals surface area contributed by atoms with Gasteiger partial charge in [-0.1, -0.05) is 50.2 Å². The molecule has 1 heterocycles. The van der Waals surface area contributed by atoms with Gasteiger partial charge in [-0.25, -0.2) is 9.79 Å². The molecule has 0 fully saturated rings. The zero-order chi connectivity index (χ0) is 24.2. The molecule has 174 valence electrons. The van der Waals surface area contributed by atoms with Crippen molar-refractivity contribution in [3.05, 3.63) is 97.7 Å². The van der Waals surface area contributed by atoms with Crippen LogP contribution in [-0.4, -0.2) is 19.0 Å². The van der Waals surface area contributed by atoms with Gasteiger partial charge in [0.2, 0.25) is 5.90 Å². The van der Waals surface area contributed by atoms with Gasteiger partial charge in [0.05, 0.1) is 10.7 Å². The normalized spacial score (nSPS) is 14.4. The Hall–Kier alpha value is -3.13. The summed E-state index contributed by atoms with van der Waals surface area (Å²) in [6.45, 7) is 6.77. The third kappa shape index (κ3) is 5.33. The van der Waals surface area contributed by atoms with Crippen molar-refractivity contribution in [3.8, 4) is 11.5 Å². The zero-order valence-electron chi connectivity index (χ0n) is 19.6. The molecule has 3 aromatic carbocycles. The van der Waals surface area contributed by atoms with Gasteiger partial charge < -0.3 is 14.2 Å². The first-order valence-corrected chi connectivity index (χ1v) is 12.1. The molecule has 4 rings (SSSR count). The van der Waals surface area contributed by atoms with E-state index in [2.05, 4.69) is 54.4 Å². The predicted molar refractivity (Wildman–Crippen MR) is 142 cm³/mol. The summed E-state index contributed by atoms with van der Waals surface area (Å²) >= 11 is 2.21. The molecule has 1 aliphatic rings. The van der Waals surface area contributed by atoms with Crippen LogP contribution in [-0.2, 0) is 16.1 Å². The van der Waals surface area contributed by atoms with Crippen LogP contribution >= 0.6 is 22.6 Å². The number of ether oxygens (including phenoxy) is 3. The number of aliphatic imine (C=N–C) groups is 1. The Morgan fingerprint density at radius 3 is 2.50 bits per heavy atom. The van der Waals surface area contributed by atoms with Crippen molar-refractivity contribution in [3.63, 3.8) is 0 Å². The molecule has 1 aliphatic heterocycles. The summed E-state index contributed by atoms with van der Waals surface area (Å²) in [5.41, 5.74) is 5.30. The summed E-state index contributed by atoms with van der Waals surface area (Å²) < 4.78 is 18.0. The van der Waals surface area contributed by atoms with Gasteiger partial charge in [0.25, 0.3) is 0 Å². The lowest BCUT2D eigenvalue weighted by Gasteiger charge is -2.14. The summed E-state index contributed by atoms with van der Waals surface area (Å²) in [4.78, 5) is 16.9. The molecular formula is C28H26INO4. The van der Waals surface area contributed by atoms with Crippen LogP contribution in [0.5, 0.6) is 11.5 Å². The van der Waals surface area contributed by atoms with E-state index in [1.54, 1.807) is 13.2 Å². The minimum atomic E-state index is -0.475. The molecule has 5 nitrogen and oxygen atoms in total. The number of nitrogens with zero attached hydrogens (tertiary/aromatic N) is 1. The minimum Gasteiger partial charge on any atom is -0.493 e. The van der Waals surface area contributed by atoms with E-state index in [0.29, 0.717) is 29.9 Å². The largest absolute Gasteiger partial charge is 0.493 e. The van der Waals surface area contributed by atoms with E-state index in [9.17, 15) is 4.79 Å². The molecule has 0 bridgehead atoms. The fourth-order valence-electron chi connectivity index (χ4n) is 3.59. The van der Waals surface area contributed by atoms with Crippen LogP contribution in [0, 0.1) is 10.5 Å². The molecule has 0 aromatic heterocycles. The maximum absolute atomic E-state index is 12.5. The second-order valence-corrected chi connectivity index (χ2v) is 9.52. The first-order valence-electron chi connectivity index (χ1n) is 11.0. The second-order valence-electron chi connectivity index (χ2n) is 8.36. The van der Waals surface area contributed by atoms with E-state index >= 15 is 0 Å². The maximum atomic E-state index is 12.5. The van der Waals surface area contributed by atoms with E-state index in [1.807, 2.05) is 54.6 Å². The summed E-state index contributed by atoms with van der Waals surface area (Å²) in [6.07, 6.45) is 1.70. The highest BCUT2D eigenvalue weighted by molar-refractivity contribution is 14.1. The van der Waals surface area contributed by atoms with Gasteiger partial charge in [-0.3, -0.25) is 0 Å². The van der Waals surface area contributed by atoms with Gasteiger partial charge in [0.15, 0.2) is 17.2 Å². The van der Waals surface area contributed by atoms with E-state index in [1.165, 1.54) is 11.1 Å². The molecule has 0 N–H and O–H groups in total. The van der Waals surface area contributed by atoms with E-state index in [0.717, 1.165) is 20.3 Å². The molecule has 6 heteroatoms. The third-order valence-electron chi connectivity index (χ3n) is 5.63. The molecule has 0 radical (unpaired) electrons. The Kier molecular flexibility index (Phi) is 7.36. The zero-order valence-corrected chi connectivity index (χ0v) is 21.8. The first-order chi connectivity index (χ1) is 16.4. The van der Waals surface area contributed by atoms with Gasteiger partial charge in [-0.2, -0.15) is 0 Å². The number of halogens is 1. The summed E-state index contributed by atoms with van der Waals surface area (Å²) in [6, 6.07) is 19.8. The number of aryl methyl sites for hydroxylation is 1. The smallest absolute Gasteiger partial charge is 0.363 e. The van der Waals surface area contributed by atoms with E-state index < -0.39 is 5.97 Å². The number of hydrogen-bond donors (Lipinski definition) is 0. The lowest BCUT2D eigenvalue weighted by Crippen LogP contribution is -2.05. The van der Waals surface area contributed by atoms with Gasteiger partial charge in [-0.05, 0) is 88.0 Å². The Balaban J connectivity index is 1.58. The third-order valence-corrected chi connectivity index (χ3v) is 6.43. The SMILES string of the molecule is COc1cc(/C=C2\N=C(c3ccc(C(C)C)cc3)OC2=O)cc(I)c1OCc1ccccc1C. The van der Waals surface area contributed by atoms with Gasteiger partial charge in [-0.15, -0.1) is 0 Å². The summed E-state index contributed by atoms with van der Waals surface area (Å²) in [5, 5.41) is 0. The molecule has 0 saturated heterocycles. The predicted octanol–water partition coefficient (Wildman–Crippen LogP) is 6.66. The Labute approximate surface area is 213 Å². The highest BCUT2D eigenvalue weighted by atomic mass is 127. The number of rotatable bonds is 7. The number of cyclic esters (lactones) is 1. The van der Waals surface area contributed by atoms with Crippen LogP contribution in [0.4, 0.5) is 0 Å². The highest BCUT2D eigenvalue weighted by Crippen LogP contribution is 2.36. The van der Waals surface area contributed by atoms with Crippen molar-refractivity contribution >= 4 is 40.5 Å². The van der Waals surface area contributed by atoms with Crippen LogP contribution in [0.15, 0.2) is 71.4 Å². The molecular weight excluding hydrogens is 541 g/mol. The van der Waals surface area contributed by atoms with E-state index in [4.69, 9.17) is 14.2 Å². The fourth-order valence-corrected chi connectivity index (χ4v) is 4.37. The lowest BCUT2D eigenvalue weighted by molar-refractivity contribution is -0.129. The van der Waals surface area contributed by atoms with Crippen molar-refractivity contribution in [2.75, 3.05) is 7.11 Å². The summed E-state index contributed by atoms with van der Waals surface area (Å²) in [7, 11) is 1.60. The van der Waals surface area contributed by atoms with Crippen LogP contribution in [0.1, 0.15) is 47.6 Å². The standard InChI is InChI=1S/C28H26INO4/c1-17(2)20-9-11-21(12-10-20)27-30-24(28(31)34-27)14-19-13-23(29)26(25(15-19)32-4)33-16-22-8-6-5-7-18(22)3/h5-15,17H,16H2,1-4H3/b24-14-. The van der Waals surface area contributed by atoms with Crippen LogP contribution in [0.25, 0.3) is 6.08 Å². The second kappa shape index (κ2) is 10.4. The maximum Gasteiger partial charge on any atom is 0.363 e. The van der Waals surface area contributed by atoms with Crippen molar-refractivity contribution in [1.82, 2.24) is 0 Å². The monoisotopic (exact) mass is 567 g/mol. The van der Waals surface area contributed by atoms with Gasteiger partial charge >= 0.3 is 5.97 Å². The number of esters is 1. The van der Waals surface area contributed by atoms with Crippen LogP contribution in [0.2, 0.25) is 0 Å². The Bertz CT molecular complexity index is 1280. The molecule has 0 atom stereocenters. The average molecular weight is 567 g/mol. The number of carbonyl (C=O) groups is 1. The van der Waals surface area contributed by atoms with Crippen molar-refractivity contribution < 1.29 is 19.0 Å². The topological polar surface area (TPSA) is 57.1 Å². The molecule has 0 amide bonds. The quantitative estimate of drug-likeness (QED) is 0.182. The molecule has 0 aliphatic carbocycles. The summed E-state index contributed by atoms with van der Waals surface area (Å²) in [5.74, 6) is 1.52. The molecule has 3 aromatic rings. The van der Waals surface area contributed by atoms with Crippen molar-refractivity contribution in [2.24, 2.45) is 4.99 Å². The highest BCUT2D eigenvalue weighted by Gasteiger charge is 2.24. The molecule has 0 spiro atoms. The molecule has 0 unspecified atom stereocenters. The number of carbonyl (C=O) groups excluding carboxylic acids is 1. The lowest BCUT2D eigenvalue weighted by atomic mass is 10.0. The van der Waals surface area contributed by atoms with Crippen LogP contribution in [0.3, 0.4) is 0 Å². The minimum absolute atomic E-state index is 0.245. The van der Waals surface area contributed by atoms with Crippen molar-refractivity contribution in [2.45, 2.75) is 33.3 Å². The van der Waals surface area contributed by atoms with Gasteiger partial charge in [0, 0.05) is 5.56 Å². The molecule has 0 saturated carbocycles. The average Bonchev–Trinajstić information content (AvgIpc) is 3.19. The molecule has 34 heavy (non-hydrogen) atoms.